The SMILES string of the molecule is CCCCN1C(=O)C(C(O)C2CCCCC2)NC(=O)C12CCN(Cc1c(C)nn(C)c1C)CC2. The summed E-state index contributed by atoms with van der Waals surface area (Å²) < 4.78 is 1.92. The summed E-state index contributed by atoms with van der Waals surface area (Å²) in [6, 6.07) is -0.809. The predicted molar refractivity (Wildman–Crippen MR) is 131 cm³/mol. The highest BCUT2D eigenvalue weighted by atomic mass is 16.3. The Morgan fingerprint density at radius 1 is 1.15 bits per heavy atom. The summed E-state index contributed by atoms with van der Waals surface area (Å²) in [5, 5.41) is 18.6. The number of hydrogen-bond acceptors (Lipinski definition) is 5. The maximum Gasteiger partial charge on any atom is 0.248 e. The lowest BCUT2D eigenvalue weighted by Gasteiger charge is -2.52. The van der Waals surface area contributed by atoms with Gasteiger partial charge in [0.1, 0.15) is 11.6 Å². The fraction of sp³-hybridized carbons (Fsp3) is 0.808. The van der Waals surface area contributed by atoms with Crippen LogP contribution in [0.25, 0.3) is 0 Å². The van der Waals surface area contributed by atoms with E-state index in [4.69, 9.17) is 0 Å². The molecule has 2 unspecified atom stereocenters. The zero-order valence-electron chi connectivity index (χ0n) is 21.5. The van der Waals surface area contributed by atoms with E-state index in [1.54, 1.807) is 0 Å². The van der Waals surface area contributed by atoms with Crippen LogP contribution in [0.4, 0.5) is 0 Å². The van der Waals surface area contributed by atoms with Gasteiger partial charge in [0.25, 0.3) is 0 Å². The minimum Gasteiger partial charge on any atom is -0.390 e. The summed E-state index contributed by atoms with van der Waals surface area (Å²) in [5.41, 5.74) is 2.67. The van der Waals surface area contributed by atoms with Crippen molar-refractivity contribution in [1.82, 2.24) is 24.9 Å². The Bertz CT molecular complexity index is 883. The van der Waals surface area contributed by atoms with Crippen molar-refractivity contribution in [3.8, 4) is 0 Å². The van der Waals surface area contributed by atoms with E-state index in [0.717, 1.165) is 63.9 Å². The Morgan fingerprint density at radius 3 is 2.41 bits per heavy atom. The van der Waals surface area contributed by atoms with E-state index in [1.807, 2.05) is 23.6 Å². The summed E-state index contributed by atoms with van der Waals surface area (Å²) >= 11 is 0. The molecule has 1 spiro atoms. The third-order valence-corrected chi connectivity index (χ3v) is 8.69. The first-order valence-electron chi connectivity index (χ1n) is 13.3. The summed E-state index contributed by atoms with van der Waals surface area (Å²) in [7, 11) is 1.97. The van der Waals surface area contributed by atoms with Crippen molar-refractivity contribution in [2.24, 2.45) is 13.0 Å². The van der Waals surface area contributed by atoms with Gasteiger partial charge >= 0.3 is 0 Å². The van der Waals surface area contributed by atoms with Gasteiger partial charge in [-0.3, -0.25) is 19.2 Å². The first-order valence-corrected chi connectivity index (χ1v) is 13.3. The highest BCUT2D eigenvalue weighted by molar-refractivity contribution is 6.00. The summed E-state index contributed by atoms with van der Waals surface area (Å²) in [5.74, 6) is -0.0622. The molecule has 34 heavy (non-hydrogen) atoms. The summed E-state index contributed by atoms with van der Waals surface area (Å²) in [4.78, 5) is 31.6. The van der Waals surface area contributed by atoms with Crippen LogP contribution in [0.5, 0.6) is 0 Å². The number of carbonyl (C=O) groups is 2. The maximum atomic E-state index is 13.7. The molecule has 2 amide bonds. The van der Waals surface area contributed by atoms with E-state index in [1.165, 1.54) is 17.7 Å². The van der Waals surface area contributed by atoms with E-state index in [2.05, 4.69) is 29.2 Å². The van der Waals surface area contributed by atoms with Gasteiger partial charge in [-0.1, -0.05) is 32.6 Å². The Kier molecular flexibility index (Phi) is 7.67. The average Bonchev–Trinajstić information content (AvgIpc) is 3.08. The normalized spacial score (nSPS) is 25.1. The molecule has 2 saturated heterocycles. The van der Waals surface area contributed by atoms with Gasteiger partial charge in [0.05, 0.1) is 11.8 Å². The number of nitrogens with one attached hydrogen (secondary N) is 1. The number of piperidine rings is 1. The quantitative estimate of drug-likeness (QED) is 0.635. The van der Waals surface area contributed by atoms with Crippen molar-refractivity contribution in [2.45, 2.75) is 103 Å². The number of piperazine rings is 1. The van der Waals surface area contributed by atoms with Gasteiger partial charge in [0, 0.05) is 44.5 Å². The van der Waals surface area contributed by atoms with Crippen LogP contribution < -0.4 is 5.32 Å². The number of likely N-dealkylation sites (tertiary alicyclic amines) is 1. The van der Waals surface area contributed by atoms with Crippen LogP contribution in [0.2, 0.25) is 0 Å². The van der Waals surface area contributed by atoms with E-state index in [0.29, 0.717) is 19.4 Å². The number of carbonyl (C=O) groups excluding carboxylic acids is 2. The van der Waals surface area contributed by atoms with Crippen molar-refractivity contribution >= 4 is 11.8 Å². The summed E-state index contributed by atoms with van der Waals surface area (Å²) in [6.45, 7) is 9.16. The molecule has 3 heterocycles. The number of aliphatic hydroxyl groups is 1. The van der Waals surface area contributed by atoms with Crippen LogP contribution in [0, 0.1) is 19.8 Å². The second-order valence-electron chi connectivity index (χ2n) is 10.8. The fourth-order valence-corrected chi connectivity index (χ4v) is 6.31. The molecule has 3 aliphatic rings. The van der Waals surface area contributed by atoms with Crippen LogP contribution >= 0.6 is 0 Å². The molecule has 8 nitrogen and oxygen atoms in total. The fourth-order valence-electron chi connectivity index (χ4n) is 6.31. The molecule has 8 heteroatoms. The highest BCUT2D eigenvalue weighted by Crippen LogP contribution is 2.36. The first kappa shape index (κ1) is 25.2. The molecule has 2 atom stereocenters. The predicted octanol–water partition coefficient (Wildman–Crippen LogP) is 2.44. The molecule has 0 aromatic carbocycles. The lowest BCUT2D eigenvalue weighted by Crippen LogP contribution is -2.75. The lowest BCUT2D eigenvalue weighted by atomic mass is 9.78. The Labute approximate surface area is 204 Å². The topological polar surface area (TPSA) is 90.7 Å². The van der Waals surface area contributed by atoms with Crippen LogP contribution in [-0.4, -0.2) is 73.8 Å². The number of amides is 2. The van der Waals surface area contributed by atoms with E-state index in [-0.39, 0.29) is 17.7 Å². The Balaban J connectivity index is 1.49. The molecular weight excluding hydrogens is 430 g/mol. The third kappa shape index (κ3) is 4.63. The van der Waals surface area contributed by atoms with Crippen LogP contribution in [0.15, 0.2) is 0 Å². The minimum atomic E-state index is -0.809. The number of nitrogens with zero attached hydrogens (tertiary/aromatic N) is 4. The number of aromatic nitrogens is 2. The second-order valence-corrected chi connectivity index (χ2v) is 10.8. The van der Waals surface area contributed by atoms with Crippen molar-refractivity contribution in [2.75, 3.05) is 19.6 Å². The molecule has 0 bridgehead atoms. The van der Waals surface area contributed by atoms with Crippen molar-refractivity contribution < 1.29 is 14.7 Å². The smallest absolute Gasteiger partial charge is 0.248 e. The van der Waals surface area contributed by atoms with Crippen LogP contribution in [-0.2, 0) is 23.2 Å². The Morgan fingerprint density at radius 2 is 1.82 bits per heavy atom. The molecule has 0 radical (unpaired) electrons. The minimum absolute atomic E-state index is 0.0727. The monoisotopic (exact) mass is 473 g/mol. The van der Waals surface area contributed by atoms with Crippen molar-refractivity contribution in [1.29, 1.82) is 0 Å². The van der Waals surface area contributed by atoms with Crippen molar-refractivity contribution in [3.05, 3.63) is 17.0 Å². The van der Waals surface area contributed by atoms with Gasteiger partial charge < -0.3 is 15.3 Å². The molecule has 190 valence electrons. The molecule has 2 aliphatic heterocycles. The summed E-state index contributed by atoms with van der Waals surface area (Å²) in [6.07, 6.45) is 7.51. The number of unbranched alkanes of at least 4 members (excludes halogenated alkanes) is 1. The third-order valence-electron chi connectivity index (χ3n) is 8.69. The number of rotatable bonds is 7. The van der Waals surface area contributed by atoms with Gasteiger partial charge in [-0.2, -0.15) is 5.10 Å². The standard InChI is InChI=1S/C26H43N5O3/c1-5-6-14-31-24(33)22(23(32)20-10-8-7-9-11-20)27-25(34)26(31)12-15-30(16-13-26)17-21-18(2)28-29(4)19(21)3/h20,22-23,32H,5-17H2,1-4H3,(H,27,34). The number of aliphatic hydroxyl groups excluding tert-OH is 1. The van der Waals surface area contributed by atoms with Crippen LogP contribution in [0.3, 0.4) is 0 Å². The number of aryl methyl sites for hydroxylation is 2. The maximum absolute atomic E-state index is 13.7. The first-order chi connectivity index (χ1) is 16.3. The van der Waals surface area contributed by atoms with Gasteiger partial charge in [-0.05, 0) is 51.9 Å². The van der Waals surface area contributed by atoms with Crippen LogP contribution in [0.1, 0.15) is 81.7 Å². The van der Waals surface area contributed by atoms with Gasteiger partial charge in [0.2, 0.25) is 11.8 Å². The van der Waals surface area contributed by atoms with E-state index < -0.39 is 17.7 Å². The molecule has 1 aromatic rings. The second kappa shape index (κ2) is 10.4. The molecule has 1 aliphatic carbocycles. The largest absolute Gasteiger partial charge is 0.390 e. The Hall–Kier alpha value is -1.93. The molecule has 4 rings (SSSR count). The van der Waals surface area contributed by atoms with Gasteiger partial charge in [0.15, 0.2) is 0 Å². The zero-order valence-corrected chi connectivity index (χ0v) is 21.5. The highest BCUT2D eigenvalue weighted by Gasteiger charge is 2.55. The number of hydrogen-bond donors (Lipinski definition) is 2. The zero-order chi connectivity index (χ0) is 24.5. The van der Waals surface area contributed by atoms with E-state index >= 15 is 0 Å². The molecular formula is C26H43N5O3. The lowest BCUT2D eigenvalue weighted by molar-refractivity contribution is -0.166. The molecule has 3 fully saturated rings. The molecule has 1 aromatic heterocycles. The van der Waals surface area contributed by atoms with Gasteiger partial charge in [-0.15, -0.1) is 0 Å². The van der Waals surface area contributed by atoms with E-state index in [9.17, 15) is 14.7 Å². The molecule has 1 saturated carbocycles. The van der Waals surface area contributed by atoms with Crippen molar-refractivity contribution in [3.63, 3.8) is 0 Å². The van der Waals surface area contributed by atoms with Gasteiger partial charge in [-0.25, -0.2) is 0 Å². The molecule has 2 N–H and O–H groups in total. The average molecular weight is 474 g/mol.